The summed E-state index contributed by atoms with van der Waals surface area (Å²) in [4.78, 5) is 45.1. The van der Waals surface area contributed by atoms with Gasteiger partial charge in [0.1, 0.15) is 11.3 Å². The second kappa shape index (κ2) is 15.6. The van der Waals surface area contributed by atoms with Crippen LogP contribution in [-0.2, 0) is 0 Å². The first-order chi connectivity index (χ1) is 31.7. The van der Waals surface area contributed by atoms with E-state index in [4.69, 9.17) is 29.9 Å². The molecule has 0 saturated carbocycles. The van der Waals surface area contributed by atoms with E-state index in [9.17, 15) is 0 Å². The normalized spacial score (nSPS) is 17.9. The molecule has 4 saturated heterocycles. The van der Waals surface area contributed by atoms with Crippen molar-refractivity contribution < 1.29 is 0 Å². The lowest BCUT2D eigenvalue weighted by atomic mass is 10.00. The van der Waals surface area contributed by atoms with Crippen molar-refractivity contribution in [3.05, 3.63) is 78.9 Å². The molecule has 8 bridgehead atoms. The second-order valence-corrected chi connectivity index (χ2v) is 18.6. The van der Waals surface area contributed by atoms with E-state index in [1.54, 1.807) is 0 Å². The van der Waals surface area contributed by atoms with Gasteiger partial charge in [0.2, 0.25) is 0 Å². The summed E-state index contributed by atoms with van der Waals surface area (Å²) in [5, 5.41) is 6.67. The zero-order valence-electron chi connectivity index (χ0n) is 36.6. The van der Waals surface area contributed by atoms with Gasteiger partial charge in [-0.2, -0.15) is 0 Å². The molecule has 7 aromatic rings. The number of benzene rings is 4. The third kappa shape index (κ3) is 6.23. The van der Waals surface area contributed by atoms with Crippen molar-refractivity contribution in [3.8, 4) is 45.6 Å². The summed E-state index contributed by atoms with van der Waals surface area (Å²) >= 11 is 0. The molecule has 12 heteroatoms. The van der Waals surface area contributed by atoms with Gasteiger partial charge < -0.3 is 24.7 Å². The lowest BCUT2D eigenvalue weighted by molar-refractivity contribution is 0.491. The monoisotopic (exact) mass is 846 g/mol. The van der Waals surface area contributed by atoms with Crippen molar-refractivity contribution in [2.24, 2.45) is 0 Å². The van der Waals surface area contributed by atoms with Crippen LogP contribution in [0, 0.1) is 0 Å². The molecule has 0 aliphatic carbocycles. The van der Waals surface area contributed by atoms with Gasteiger partial charge in [-0.15, -0.1) is 0 Å². The molecular formula is C52H54N12. The summed E-state index contributed by atoms with van der Waals surface area (Å²) in [5.74, 6) is 2.63. The number of aromatic amines is 1. The van der Waals surface area contributed by atoms with Gasteiger partial charge >= 0.3 is 0 Å². The smallest absolute Gasteiger partial charge is 0.164 e. The van der Waals surface area contributed by atoms with Crippen LogP contribution in [0.25, 0.3) is 89.7 Å². The molecule has 0 spiro atoms. The zero-order valence-corrected chi connectivity index (χ0v) is 36.6. The Morgan fingerprint density at radius 1 is 0.375 bits per heavy atom. The largest absolute Gasteiger partial charge is 0.370 e. The molecular weight excluding hydrogens is 793 g/mol. The number of H-pyrrole nitrogens is 1. The van der Waals surface area contributed by atoms with Gasteiger partial charge in [-0.1, -0.05) is 72.8 Å². The summed E-state index contributed by atoms with van der Waals surface area (Å²) in [6.45, 7) is 8.11. The molecule has 0 unspecified atom stereocenters. The van der Waals surface area contributed by atoms with Crippen molar-refractivity contribution in [1.82, 2.24) is 39.6 Å². The molecule has 3 aromatic heterocycles. The molecule has 322 valence electrons. The maximum Gasteiger partial charge on any atom is 0.164 e. The summed E-state index contributed by atoms with van der Waals surface area (Å²) < 4.78 is 2.26. The van der Waals surface area contributed by atoms with E-state index in [0.29, 0.717) is 23.3 Å². The molecule has 4 fully saturated rings. The number of nitrogens with one attached hydrogen (secondary N) is 1. The van der Waals surface area contributed by atoms with Crippen molar-refractivity contribution in [3.63, 3.8) is 0 Å². The van der Waals surface area contributed by atoms with E-state index in [2.05, 4.69) is 108 Å². The average molecular weight is 847 g/mol. The number of piperidine rings is 4. The number of nitrogens with zero attached hydrogens (tertiary/aromatic N) is 11. The molecule has 12 nitrogen and oxygen atoms in total. The molecule has 4 aromatic carbocycles. The van der Waals surface area contributed by atoms with E-state index < -0.39 is 0 Å². The molecule has 1 N–H and O–H groups in total. The van der Waals surface area contributed by atoms with Crippen molar-refractivity contribution in [1.29, 1.82) is 0 Å². The van der Waals surface area contributed by atoms with Crippen molar-refractivity contribution >= 4 is 61.2 Å². The lowest BCUT2D eigenvalue weighted by Crippen LogP contribution is -2.39. The molecule has 13 rings (SSSR count). The van der Waals surface area contributed by atoms with Crippen LogP contribution in [0.2, 0.25) is 0 Å². The molecule has 64 heavy (non-hydrogen) atoms. The quantitative estimate of drug-likeness (QED) is 0.184. The van der Waals surface area contributed by atoms with Crippen LogP contribution >= 0.6 is 0 Å². The Morgan fingerprint density at radius 3 is 1.31 bits per heavy atom. The van der Waals surface area contributed by atoms with Gasteiger partial charge in [0.05, 0.1) is 22.4 Å². The van der Waals surface area contributed by atoms with Crippen LogP contribution in [0.5, 0.6) is 0 Å². The first-order valence-electron chi connectivity index (χ1n) is 24.1. The Labute approximate surface area is 373 Å². The van der Waals surface area contributed by atoms with Crippen LogP contribution < -0.4 is 19.7 Å². The molecule has 6 aliphatic heterocycles. The topological polar surface area (TPSA) is 111 Å². The fourth-order valence-corrected chi connectivity index (χ4v) is 11.4. The van der Waals surface area contributed by atoms with Gasteiger partial charge in [0, 0.05) is 90.8 Å². The fourth-order valence-electron chi connectivity index (χ4n) is 11.4. The van der Waals surface area contributed by atoms with Gasteiger partial charge in [0.25, 0.3) is 0 Å². The minimum absolute atomic E-state index is 0.653. The predicted octanol–water partition coefficient (Wildman–Crippen LogP) is 10.4. The second-order valence-electron chi connectivity index (χ2n) is 18.6. The number of anilines is 3. The van der Waals surface area contributed by atoms with Crippen molar-refractivity contribution in [2.45, 2.75) is 77.0 Å². The number of hydrogen-bond acceptors (Lipinski definition) is 10. The Hall–Kier alpha value is -6.56. The molecule has 0 amide bonds. The number of rotatable bonds is 4. The molecule has 6 aliphatic rings. The van der Waals surface area contributed by atoms with Crippen LogP contribution in [0.3, 0.4) is 0 Å². The first kappa shape index (κ1) is 37.9. The SMILES string of the molecule is c1ccc2c(c1)-c1nc-2nc2c3ccccc3c(nc3nc(nc4[nH]c(n1)c1cc(N5CCCCC5)c(N5CCCCC5)c(N5CCCCC5)c41)-c1ccccc1-3)n2N1CCCCC1. The lowest BCUT2D eigenvalue weighted by Gasteiger charge is -2.40. The maximum atomic E-state index is 5.65. The minimum atomic E-state index is 0.653. The number of hydrogen-bond donors (Lipinski definition) is 1. The minimum Gasteiger partial charge on any atom is -0.370 e. The van der Waals surface area contributed by atoms with E-state index in [-0.39, 0.29) is 0 Å². The summed E-state index contributed by atoms with van der Waals surface area (Å²) in [7, 11) is 0. The fraction of sp³-hybridized carbons (Fsp3) is 0.385. The summed E-state index contributed by atoms with van der Waals surface area (Å²) in [5.41, 5.74) is 11.1. The van der Waals surface area contributed by atoms with Gasteiger partial charge in [-0.05, 0) is 83.1 Å². The van der Waals surface area contributed by atoms with Crippen molar-refractivity contribution in [2.75, 3.05) is 72.1 Å². The van der Waals surface area contributed by atoms with Crippen LogP contribution in [0.4, 0.5) is 17.1 Å². The average Bonchev–Trinajstić information content (AvgIpc) is 4.09. The third-order valence-corrected chi connectivity index (χ3v) is 14.5. The summed E-state index contributed by atoms with van der Waals surface area (Å²) in [6.07, 6.45) is 14.4. The highest BCUT2D eigenvalue weighted by Gasteiger charge is 2.32. The highest BCUT2D eigenvalue weighted by molar-refractivity contribution is 6.18. The van der Waals surface area contributed by atoms with Gasteiger partial charge in [-0.3, -0.25) is 0 Å². The summed E-state index contributed by atoms with van der Waals surface area (Å²) in [6, 6.07) is 27.9. The number of fused-ring (bicyclic) bond motifs is 20. The van der Waals surface area contributed by atoms with Gasteiger partial charge in [0.15, 0.2) is 34.6 Å². The Bertz CT molecular complexity index is 3120. The zero-order chi connectivity index (χ0) is 42.1. The molecule has 0 radical (unpaired) electrons. The van der Waals surface area contributed by atoms with E-state index in [0.717, 1.165) is 132 Å². The van der Waals surface area contributed by atoms with Crippen LogP contribution in [-0.4, -0.2) is 91.9 Å². The van der Waals surface area contributed by atoms with E-state index in [1.165, 1.54) is 81.3 Å². The third-order valence-electron chi connectivity index (χ3n) is 14.5. The molecule has 9 heterocycles. The van der Waals surface area contributed by atoms with E-state index >= 15 is 0 Å². The highest BCUT2D eigenvalue weighted by atomic mass is 15.6. The standard InChI is InChI=1S/C52H54N12/c1-11-25-60(26-12-1)41-33-40-42(44(62-29-15-3-16-30-62)43(41)61-27-13-2-14-28-61)50-56-46-35-20-6-8-22-37(35)48(54-46)59-52-39-24-10-9-23-38(39)51(64(52)63-31-17-4-18-32-63)58-47-36-21-7-5-19-34(36)45(53-47)55-49(40)57-50/h5-10,19-24,33H,1-4,11-18,25-32H2,(H,53,54,55,56,57,58,59). The maximum absolute atomic E-state index is 5.65. The van der Waals surface area contributed by atoms with Gasteiger partial charge in [-0.25, -0.2) is 34.6 Å². The van der Waals surface area contributed by atoms with E-state index in [1.807, 2.05) is 0 Å². The Morgan fingerprint density at radius 2 is 0.797 bits per heavy atom. The Kier molecular flexibility index (Phi) is 9.25. The Balaban J connectivity index is 1.21. The van der Waals surface area contributed by atoms with Crippen LogP contribution in [0.1, 0.15) is 77.0 Å². The van der Waals surface area contributed by atoms with Crippen LogP contribution in [0.15, 0.2) is 78.9 Å². The molecule has 0 atom stereocenters. The first-order valence-corrected chi connectivity index (χ1v) is 24.1. The number of aromatic nitrogens is 8. The predicted molar refractivity (Wildman–Crippen MR) is 260 cm³/mol. The highest BCUT2D eigenvalue weighted by Crippen LogP contribution is 2.49.